The van der Waals surface area contributed by atoms with Crippen molar-refractivity contribution in [1.29, 1.82) is 0 Å². The number of hydrogen-bond donors (Lipinski definition) is 3. The van der Waals surface area contributed by atoms with Gasteiger partial charge in [-0.1, -0.05) is 0 Å². The Morgan fingerprint density at radius 3 is 2.60 bits per heavy atom. The summed E-state index contributed by atoms with van der Waals surface area (Å²) in [4.78, 5) is 0. The Labute approximate surface area is 67.4 Å². The van der Waals surface area contributed by atoms with Gasteiger partial charge in [0.05, 0.1) is 0 Å². The maximum atomic E-state index is 9.03. The molecule has 1 aliphatic rings. The van der Waals surface area contributed by atoms with Crippen LogP contribution in [0.3, 0.4) is 0 Å². The third kappa shape index (κ3) is 2.09. The summed E-state index contributed by atoms with van der Waals surface area (Å²) in [6.45, 7) is 2.63. The van der Waals surface area contributed by atoms with Crippen LogP contribution in [0.5, 0.6) is 0 Å². The van der Waals surface area contributed by atoms with Crippen LogP contribution in [-0.2, 0) is 0 Å². The van der Waals surface area contributed by atoms with Gasteiger partial charge in [-0.25, -0.2) is 0 Å². The van der Waals surface area contributed by atoms with Gasteiger partial charge in [0.1, 0.15) is 6.23 Å². The van der Waals surface area contributed by atoms with Gasteiger partial charge in [-0.2, -0.15) is 0 Å². The zero-order valence-corrected chi connectivity index (χ0v) is 6.95. The van der Waals surface area contributed by atoms with Gasteiger partial charge >= 0.3 is 0 Å². The summed E-state index contributed by atoms with van der Waals surface area (Å²) in [5.74, 6) is 0. The molecule has 2 atom stereocenters. The van der Waals surface area contributed by atoms with E-state index in [1.807, 2.05) is 6.92 Å². The number of nitrogens with one attached hydrogen (secondary N) is 1. The van der Waals surface area contributed by atoms with Crippen molar-refractivity contribution < 1.29 is 5.11 Å². The zero-order chi connectivity index (χ0) is 6.91. The Morgan fingerprint density at radius 2 is 2.40 bits per heavy atom. The quantitative estimate of drug-likeness (QED) is 0.507. The molecular formula is C6H15ClN2O. The van der Waals surface area contributed by atoms with Crippen LogP contribution in [0.4, 0.5) is 0 Å². The van der Waals surface area contributed by atoms with E-state index in [1.54, 1.807) is 0 Å². The molecule has 0 saturated carbocycles. The molecule has 0 aromatic carbocycles. The second-order valence-corrected chi connectivity index (χ2v) is 2.96. The highest BCUT2D eigenvalue weighted by atomic mass is 35.5. The number of aliphatic hydroxyl groups is 1. The van der Waals surface area contributed by atoms with Gasteiger partial charge in [0.2, 0.25) is 0 Å². The Bertz CT molecular complexity index is 112. The van der Waals surface area contributed by atoms with E-state index in [2.05, 4.69) is 5.32 Å². The first-order chi connectivity index (χ1) is 4.16. The van der Waals surface area contributed by atoms with Crippen molar-refractivity contribution in [2.75, 3.05) is 6.54 Å². The van der Waals surface area contributed by atoms with E-state index in [-0.39, 0.29) is 24.2 Å². The predicted octanol–water partition coefficient (Wildman–Crippen LogP) is -0.173. The van der Waals surface area contributed by atoms with Gasteiger partial charge in [-0.3, -0.25) is 5.32 Å². The van der Waals surface area contributed by atoms with Crippen molar-refractivity contribution in [2.24, 2.45) is 5.73 Å². The van der Waals surface area contributed by atoms with E-state index in [0.717, 1.165) is 12.8 Å². The largest absolute Gasteiger partial charge is 0.379 e. The van der Waals surface area contributed by atoms with Crippen molar-refractivity contribution in [3.05, 3.63) is 0 Å². The molecule has 0 amide bonds. The topological polar surface area (TPSA) is 58.3 Å². The molecule has 0 aliphatic carbocycles. The fraction of sp³-hybridized carbons (Fsp3) is 1.00. The Balaban J connectivity index is 0.000000810. The van der Waals surface area contributed by atoms with E-state index in [4.69, 9.17) is 10.8 Å². The van der Waals surface area contributed by atoms with Crippen LogP contribution in [0.15, 0.2) is 0 Å². The highest BCUT2D eigenvalue weighted by Crippen LogP contribution is 2.19. The van der Waals surface area contributed by atoms with Crippen LogP contribution in [-0.4, -0.2) is 23.4 Å². The lowest BCUT2D eigenvalue weighted by atomic mass is 10.0. The molecule has 0 aromatic heterocycles. The van der Waals surface area contributed by atoms with Crippen LogP contribution in [0, 0.1) is 0 Å². The van der Waals surface area contributed by atoms with Crippen molar-refractivity contribution in [3.8, 4) is 0 Å². The average Bonchev–Trinajstić information content (AvgIpc) is 2.13. The molecule has 0 aromatic rings. The molecule has 4 N–H and O–H groups in total. The first-order valence-electron chi connectivity index (χ1n) is 3.32. The minimum absolute atomic E-state index is 0. The van der Waals surface area contributed by atoms with Crippen molar-refractivity contribution in [2.45, 2.75) is 31.5 Å². The number of hydrogen-bond acceptors (Lipinski definition) is 3. The lowest BCUT2D eigenvalue weighted by Crippen LogP contribution is -2.46. The molecule has 3 nitrogen and oxygen atoms in total. The fourth-order valence-corrected chi connectivity index (χ4v) is 1.16. The fourth-order valence-electron chi connectivity index (χ4n) is 1.16. The summed E-state index contributed by atoms with van der Waals surface area (Å²) < 4.78 is 0. The molecule has 0 spiro atoms. The maximum absolute atomic E-state index is 9.03. The molecule has 1 fully saturated rings. The van der Waals surface area contributed by atoms with Gasteiger partial charge in [0, 0.05) is 12.1 Å². The second kappa shape index (κ2) is 3.53. The first-order valence-corrected chi connectivity index (χ1v) is 3.32. The molecule has 1 heterocycles. The highest BCUT2D eigenvalue weighted by molar-refractivity contribution is 5.85. The lowest BCUT2D eigenvalue weighted by molar-refractivity contribution is 0.144. The third-order valence-electron chi connectivity index (χ3n) is 1.94. The van der Waals surface area contributed by atoms with Gasteiger partial charge in [-0.15, -0.1) is 12.4 Å². The average molecular weight is 167 g/mol. The Hall–Kier alpha value is 0.170. The van der Waals surface area contributed by atoms with Gasteiger partial charge < -0.3 is 10.8 Å². The second-order valence-electron chi connectivity index (χ2n) is 2.96. The van der Waals surface area contributed by atoms with E-state index in [0.29, 0.717) is 6.54 Å². The number of nitrogens with two attached hydrogens (primary N) is 1. The minimum Gasteiger partial charge on any atom is -0.379 e. The van der Waals surface area contributed by atoms with Gasteiger partial charge in [-0.05, 0) is 19.8 Å². The standard InChI is InChI=1S/C6H14N2O.ClH/c1-6(4-7)3-2-5(9)8-6;/h5,8-9H,2-4,7H2,1H3;1H. The third-order valence-corrected chi connectivity index (χ3v) is 1.94. The molecule has 10 heavy (non-hydrogen) atoms. The van der Waals surface area contributed by atoms with Crippen molar-refractivity contribution in [3.63, 3.8) is 0 Å². The summed E-state index contributed by atoms with van der Waals surface area (Å²) in [6.07, 6.45) is 1.47. The monoisotopic (exact) mass is 166 g/mol. The van der Waals surface area contributed by atoms with Crippen LogP contribution in [0.25, 0.3) is 0 Å². The van der Waals surface area contributed by atoms with Crippen molar-refractivity contribution >= 4 is 12.4 Å². The summed E-state index contributed by atoms with van der Waals surface area (Å²) in [5.41, 5.74) is 5.44. The minimum atomic E-state index is -0.335. The van der Waals surface area contributed by atoms with E-state index >= 15 is 0 Å². The van der Waals surface area contributed by atoms with E-state index < -0.39 is 0 Å². The molecule has 1 rings (SSSR count). The lowest BCUT2D eigenvalue weighted by Gasteiger charge is -2.21. The molecule has 1 saturated heterocycles. The van der Waals surface area contributed by atoms with Crippen LogP contribution < -0.4 is 11.1 Å². The number of halogens is 1. The Morgan fingerprint density at radius 1 is 1.80 bits per heavy atom. The molecule has 62 valence electrons. The van der Waals surface area contributed by atoms with Crippen LogP contribution in [0.1, 0.15) is 19.8 Å². The maximum Gasteiger partial charge on any atom is 0.105 e. The molecule has 0 bridgehead atoms. The molecule has 2 unspecified atom stereocenters. The Kier molecular flexibility index (Phi) is 3.59. The molecule has 0 radical (unpaired) electrons. The van der Waals surface area contributed by atoms with Crippen LogP contribution in [0.2, 0.25) is 0 Å². The van der Waals surface area contributed by atoms with Gasteiger partial charge in [0.25, 0.3) is 0 Å². The molecular weight excluding hydrogens is 152 g/mol. The number of aliphatic hydroxyl groups excluding tert-OH is 1. The first kappa shape index (κ1) is 10.2. The van der Waals surface area contributed by atoms with Crippen molar-refractivity contribution in [1.82, 2.24) is 5.32 Å². The normalized spacial score (nSPS) is 39.3. The highest BCUT2D eigenvalue weighted by Gasteiger charge is 2.31. The predicted molar refractivity (Wildman–Crippen MR) is 43.1 cm³/mol. The smallest absolute Gasteiger partial charge is 0.105 e. The number of rotatable bonds is 1. The SMILES string of the molecule is CC1(CN)CCC(O)N1.Cl. The summed E-state index contributed by atoms with van der Waals surface area (Å²) in [6, 6.07) is 0. The molecule has 4 heteroatoms. The summed E-state index contributed by atoms with van der Waals surface area (Å²) >= 11 is 0. The van der Waals surface area contributed by atoms with E-state index in [1.165, 1.54) is 0 Å². The van der Waals surface area contributed by atoms with E-state index in [9.17, 15) is 0 Å². The molecule has 1 aliphatic heterocycles. The van der Waals surface area contributed by atoms with Gasteiger partial charge in [0.15, 0.2) is 0 Å². The van der Waals surface area contributed by atoms with Crippen LogP contribution >= 0.6 is 12.4 Å². The summed E-state index contributed by atoms with van der Waals surface area (Å²) in [7, 11) is 0. The zero-order valence-electron chi connectivity index (χ0n) is 6.13. The summed E-state index contributed by atoms with van der Waals surface area (Å²) in [5, 5.41) is 12.0.